The number of hydrogen-bond acceptors (Lipinski definition) is 4. The van der Waals surface area contributed by atoms with Crippen LogP contribution in [0.4, 0.5) is 17.6 Å². The smallest absolute Gasteiger partial charge is 0.350 e. The number of rotatable bonds is 4. The second-order valence-corrected chi connectivity index (χ2v) is 7.43. The molecule has 0 fully saturated rings. The summed E-state index contributed by atoms with van der Waals surface area (Å²) in [6.45, 7) is 3.53. The summed E-state index contributed by atoms with van der Waals surface area (Å²) in [4.78, 5) is 16.0. The summed E-state index contributed by atoms with van der Waals surface area (Å²) in [7, 11) is 0. The van der Waals surface area contributed by atoms with Crippen molar-refractivity contribution < 1.29 is 22.4 Å². The fraction of sp³-hybridized carbons (Fsp3) is 0.235. The Morgan fingerprint density at radius 1 is 1.36 bits per heavy atom. The van der Waals surface area contributed by atoms with Gasteiger partial charge in [-0.05, 0) is 38.1 Å². The van der Waals surface area contributed by atoms with Crippen LogP contribution >= 0.6 is 22.9 Å². The number of carbonyl (C=O) groups excluding carboxylic acids is 1. The molecule has 0 radical (unpaired) electrons. The van der Waals surface area contributed by atoms with Gasteiger partial charge in [-0.1, -0.05) is 22.9 Å². The van der Waals surface area contributed by atoms with Crippen LogP contribution < -0.4 is 5.32 Å². The lowest BCUT2D eigenvalue weighted by molar-refractivity contribution is -0.138. The number of halogens is 5. The zero-order chi connectivity index (χ0) is 20.6. The predicted octanol–water partition coefficient (Wildman–Crippen LogP) is 4.81. The van der Waals surface area contributed by atoms with Gasteiger partial charge in [0.15, 0.2) is 0 Å². The highest BCUT2D eigenvalue weighted by molar-refractivity contribution is 7.16. The van der Waals surface area contributed by atoms with Gasteiger partial charge in [0.25, 0.3) is 0 Å². The van der Waals surface area contributed by atoms with E-state index in [0.717, 1.165) is 22.7 Å². The molecule has 1 amide bonds. The number of aromatic nitrogens is 3. The molecule has 1 aromatic carbocycles. The number of hydrogen-bond donors (Lipinski definition) is 1. The first-order valence-electron chi connectivity index (χ1n) is 7.97. The molecule has 3 aromatic rings. The average Bonchev–Trinajstić information content (AvgIpc) is 3.10. The molecular weight excluding hydrogens is 420 g/mol. The van der Waals surface area contributed by atoms with E-state index in [9.17, 15) is 22.4 Å². The zero-order valence-corrected chi connectivity index (χ0v) is 16.1. The molecule has 0 saturated heterocycles. The standard InChI is InChI=1S/C17H13ClF4N4OS/c1-8(2)23-13(27)6-5-12-14(10-4-3-9(19)7-11(10)18)24-16-26(12)25-15(28-16)17(20,21)22/h3-8H,1-2H3,(H,23,27). The van der Waals surface area contributed by atoms with Gasteiger partial charge < -0.3 is 5.32 Å². The third kappa shape index (κ3) is 4.17. The molecule has 2 aromatic heterocycles. The van der Waals surface area contributed by atoms with Crippen LogP contribution in [0, 0.1) is 5.82 Å². The second-order valence-electron chi connectivity index (χ2n) is 6.07. The van der Waals surface area contributed by atoms with E-state index < -0.39 is 22.9 Å². The predicted molar refractivity (Wildman–Crippen MR) is 98.6 cm³/mol. The molecule has 0 aliphatic carbocycles. The van der Waals surface area contributed by atoms with Gasteiger partial charge in [0, 0.05) is 17.7 Å². The minimum Gasteiger partial charge on any atom is -0.350 e. The molecule has 1 N–H and O–H groups in total. The van der Waals surface area contributed by atoms with Gasteiger partial charge in [-0.15, -0.1) is 5.10 Å². The number of benzene rings is 1. The zero-order valence-electron chi connectivity index (χ0n) is 14.5. The summed E-state index contributed by atoms with van der Waals surface area (Å²) in [6.07, 6.45) is -2.17. The van der Waals surface area contributed by atoms with E-state index in [4.69, 9.17) is 11.6 Å². The fourth-order valence-corrected chi connectivity index (χ4v) is 3.43. The first-order valence-corrected chi connectivity index (χ1v) is 9.16. The molecule has 0 spiro atoms. The van der Waals surface area contributed by atoms with Gasteiger partial charge in [-0.3, -0.25) is 4.79 Å². The molecule has 5 nitrogen and oxygen atoms in total. The fourth-order valence-electron chi connectivity index (χ4n) is 2.40. The van der Waals surface area contributed by atoms with Gasteiger partial charge in [-0.25, -0.2) is 13.9 Å². The van der Waals surface area contributed by atoms with Crippen molar-refractivity contribution in [3.8, 4) is 11.3 Å². The largest absolute Gasteiger partial charge is 0.445 e. The molecule has 11 heteroatoms. The maximum Gasteiger partial charge on any atom is 0.445 e. The summed E-state index contributed by atoms with van der Waals surface area (Å²) in [5, 5.41) is 5.15. The third-order valence-electron chi connectivity index (χ3n) is 3.49. The number of alkyl halides is 3. The Labute approximate surface area is 165 Å². The van der Waals surface area contributed by atoms with Crippen molar-refractivity contribution in [2.45, 2.75) is 26.1 Å². The topological polar surface area (TPSA) is 59.3 Å². The van der Waals surface area contributed by atoms with Crippen LogP contribution in [0.3, 0.4) is 0 Å². The van der Waals surface area contributed by atoms with Gasteiger partial charge in [-0.2, -0.15) is 13.2 Å². The number of amides is 1. The van der Waals surface area contributed by atoms with Crippen LogP contribution in [0.2, 0.25) is 5.02 Å². The van der Waals surface area contributed by atoms with E-state index in [-0.39, 0.29) is 27.4 Å². The monoisotopic (exact) mass is 432 g/mol. The normalized spacial score (nSPS) is 12.4. The molecule has 148 valence electrons. The molecule has 28 heavy (non-hydrogen) atoms. The quantitative estimate of drug-likeness (QED) is 0.475. The maximum atomic E-state index is 13.4. The van der Waals surface area contributed by atoms with Crippen molar-refractivity contribution in [2.75, 3.05) is 0 Å². The molecule has 0 aliphatic rings. The van der Waals surface area contributed by atoms with E-state index >= 15 is 0 Å². The Kier molecular flexibility index (Phi) is 5.44. The number of fused-ring (bicyclic) bond motifs is 1. The summed E-state index contributed by atoms with van der Waals surface area (Å²) < 4.78 is 53.3. The number of nitrogens with one attached hydrogen (secondary N) is 1. The van der Waals surface area contributed by atoms with Crippen molar-refractivity contribution in [2.24, 2.45) is 0 Å². The third-order valence-corrected chi connectivity index (χ3v) is 4.76. The van der Waals surface area contributed by atoms with Crippen LogP contribution in [0.15, 0.2) is 24.3 Å². The minimum absolute atomic E-state index is 0.0306. The number of nitrogens with zero attached hydrogens (tertiary/aromatic N) is 3. The lowest BCUT2D eigenvalue weighted by Crippen LogP contribution is -2.28. The highest BCUT2D eigenvalue weighted by Crippen LogP contribution is 2.37. The molecule has 2 heterocycles. The summed E-state index contributed by atoms with van der Waals surface area (Å²) >= 11 is 6.43. The highest BCUT2D eigenvalue weighted by Gasteiger charge is 2.36. The van der Waals surface area contributed by atoms with E-state index in [1.54, 1.807) is 13.8 Å². The van der Waals surface area contributed by atoms with E-state index in [1.807, 2.05) is 0 Å². The molecule has 0 atom stereocenters. The Balaban J connectivity index is 2.16. The van der Waals surface area contributed by atoms with Crippen molar-refractivity contribution in [3.63, 3.8) is 0 Å². The number of carbonyl (C=O) groups is 1. The lowest BCUT2D eigenvalue weighted by Gasteiger charge is -2.05. The van der Waals surface area contributed by atoms with Crippen molar-refractivity contribution in [3.05, 3.63) is 45.8 Å². The van der Waals surface area contributed by atoms with E-state index in [2.05, 4.69) is 15.4 Å². The second kappa shape index (κ2) is 7.51. The van der Waals surface area contributed by atoms with Crippen molar-refractivity contribution in [1.82, 2.24) is 19.9 Å². The van der Waals surface area contributed by atoms with Crippen LogP contribution in [0.5, 0.6) is 0 Å². The van der Waals surface area contributed by atoms with Crippen LogP contribution in [-0.4, -0.2) is 26.5 Å². The van der Waals surface area contributed by atoms with Gasteiger partial charge >= 0.3 is 6.18 Å². The van der Waals surface area contributed by atoms with Crippen molar-refractivity contribution >= 4 is 39.9 Å². The SMILES string of the molecule is CC(C)NC(=O)C=Cc1c(-c2ccc(F)cc2Cl)nc2sc(C(F)(F)F)nn12. The maximum absolute atomic E-state index is 13.4. The molecule has 0 unspecified atom stereocenters. The van der Waals surface area contributed by atoms with Crippen LogP contribution in [0.25, 0.3) is 22.3 Å². The summed E-state index contributed by atoms with van der Waals surface area (Å²) in [5.74, 6) is -1.01. The van der Waals surface area contributed by atoms with Gasteiger partial charge in [0.1, 0.15) is 11.5 Å². The highest BCUT2D eigenvalue weighted by atomic mass is 35.5. The van der Waals surface area contributed by atoms with E-state index in [1.165, 1.54) is 12.1 Å². The number of imidazole rings is 1. The molecule has 0 bridgehead atoms. The van der Waals surface area contributed by atoms with Gasteiger partial charge in [0.2, 0.25) is 15.9 Å². The molecule has 0 saturated carbocycles. The Bertz CT molecular complexity index is 1070. The van der Waals surface area contributed by atoms with Crippen LogP contribution in [-0.2, 0) is 11.0 Å². The molecule has 0 aliphatic heterocycles. The van der Waals surface area contributed by atoms with Gasteiger partial charge in [0.05, 0.1) is 10.7 Å². The average molecular weight is 433 g/mol. The Morgan fingerprint density at radius 3 is 2.68 bits per heavy atom. The van der Waals surface area contributed by atoms with E-state index in [0.29, 0.717) is 16.9 Å². The summed E-state index contributed by atoms with van der Waals surface area (Å²) in [5.41, 5.74) is 0.610. The molecule has 3 rings (SSSR count). The molecular formula is C17H13ClF4N4OS. The Hall–Kier alpha value is -2.46. The first kappa shape index (κ1) is 20.3. The minimum atomic E-state index is -4.63. The Morgan fingerprint density at radius 2 is 2.07 bits per heavy atom. The first-order chi connectivity index (χ1) is 13.1. The lowest BCUT2D eigenvalue weighted by atomic mass is 10.1. The van der Waals surface area contributed by atoms with Crippen molar-refractivity contribution in [1.29, 1.82) is 0 Å². The van der Waals surface area contributed by atoms with Crippen LogP contribution in [0.1, 0.15) is 24.5 Å². The summed E-state index contributed by atoms with van der Waals surface area (Å²) in [6, 6.07) is 3.46.